The minimum atomic E-state index is -4.28. The van der Waals surface area contributed by atoms with Gasteiger partial charge in [0, 0.05) is 13.2 Å². The molecule has 16 heavy (non-hydrogen) atoms. The molecule has 0 amide bonds. The lowest BCUT2D eigenvalue weighted by Crippen LogP contribution is -2.41. The summed E-state index contributed by atoms with van der Waals surface area (Å²) in [7, 11) is 0. The summed E-state index contributed by atoms with van der Waals surface area (Å²) in [6.07, 6.45) is -1.53. The molecule has 3 N–H and O–H groups in total. The van der Waals surface area contributed by atoms with Crippen LogP contribution in [0.2, 0.25) is 0 Å². The molecule has 3 nitrogen and oxygen atoms in total. The molecule has 0 aromatic rings. The van der Waals surface area contributed by atoms with Gasteiger partial charge in [-0.3, -0.25) is 0 Å². The molecule has 1 aliphatic carbocycles. The molecule has 0 heterocycles. The van der Waals surface area contributed by atoms with Crippen molar-refractivity contribution in [3.8, 4) is 0 Å². The summed E-state index contributed by atoms with van der Waals surface area (Å²) in [5.41, 5.74) is 4.56. The van der Waals surface area contributed by atoms with Crippen LogP contribution in [0.3, 0.4) is 0 Å². The molecule has 0 aliphatic heterocycles. The Balaban J connectivity index is 2.23. The van der Waals surface area contributed by atoms with E-state index in [1.165, 1.54) is 0 Å². The molecule has 1 rings (SSSR count). The number of hydrogen-bond acceptors (Lipinski definition) is 3. The quantitative estimate of drug-likeness (QED) is 0.716. The molecule has 2 atom stereocenters. The second-order valence-corrected chi connectivity index (χ2v) is 4.35. The number of alkyl halides is 3. The van der Waals surface area contributed by atoms with Gasteiger partial charge >= 0.3 is 6.18 Å². The standard InChI is InChI=1S/C10H18F3NO2/c11-10(12,13)7-16-5-3-8-2-1-4-9(8,15)6-14/h8,15H,1-7,14H2. The average Bonchev–Trinajstić information content (AvgIpc) is 2.54. The van der Waals surface area contributed by atoms with Gasteiger partial charge in [0.25, 0.3) is 0 Å². The highest BCUT2D eigenvalue weighted by Gasteiger charge is 2.39. The van der Waals surface area contributed by atoms with Gasteiger partial charge in [-0.05, 0) is 25.2 Å². The smallest absolute Gasteiger partial charge is 0.388 e. The summed E-state index contributed by atoms with van der Waals surface area (Å²) >= 11 is 0. The third-order valence-electron chi connectivity index (χ3n) is 3.15. The van der Waals surface area contributed by atoms with Gasteiger partial charge in [0.05, 0.1) is 5.60 Å². The first kappa shape index (κ1) is 13.7. The lowest BCUT2D eigenvalue weighted by molar-refractivity contribution is -0.175. The van der Waals surface area contributed by atoms with E-state index in [1.807, 2.05) is 0 Å². The average molecular weight is 241 g/mol. The normalized spacial score (nSPS) is 30.9. The molecule has 0 aromatic heterocycles. The second kappa shape index (κ2) is 5.33. The lowest BCUT2D eigenvalue weighted by Gasteiger charge is -2.28. The molecule has 1 aliphatic rings. The van der Waals surface area contributed by atoms with Crippen LogP contribution in [0.1, 0.15) is 25.7 Å². The Morgan fingerprint density at radius 2 is 2.12 bits per heavy atom. The number of nitrogens with two attached hydrogens (primary N) is 1. The second-order valence-electron chi connectivity index (χ2n) is 4.35. The number of halogens is 3. The van der Waals surface area contributed by atoms with Gasteiger partial charge in [-0.15, -0.1) is 0 Å². The van der Waals surface area contributed by atoms with E-state index in [2.05, 4.69) is 4.74 Å². The van der Waals surface area contributed by atoms with Crippen LogP contribution in [0.5, 0.6) is 0 Å². The highest BCUT2D eigenvalue weighted by atomic mass is 19.4. The Labute approximate surface area is 92.8 Å². The third-order valence-corrected chi connectivity index (χ3v) is 3.15. The molecule has 1 fully saturated rings. The zero-order valence-electron chi connectivity index (χ0n) is 9.09. The minimum absolute atomic E-state index is 0.0203. The van der Waals surface area contributed by atoms with Crippen molar-refractivity contribution in [2.24, 2.45) is 11.7 Å². The Bertz CT molecular complexity index is 223. The molecular formula is C10H18F3NO2. The van der Waals surface area contributed by atoms with Crippen LogP contribution in [0.25, 0.3) is 0 Å². The van der Waals surface area contributed by atoms with E-state index in [4.69, 9.17) is 5.73 Å². The fourth-order valence-electron chi connectivity index (χ4n) is 2.22. The van der Waals surface area contributed by atoms with E-state index in [1.54, 1.807) is 0 Å². The topological polar surface area (TPSA) is 55.5 Å². The van der Waals surface area contributed by atoms with Crippen LogP contribution >= 0.6 is 0 Å². The van der Waals surface area contributed by atoms with E-state index < -0.39 is 18.4 Å². The number of aliphatic hydroxyl groups is 1. The lowest BCUT2D eigenvalue weighted by atomic mass is 9.88. The van der Waals surface area contributed by atoms with Gasteiger partial charge in [-0.1, -0.05) is 6.42 Å². The van der Waals surface area contributed by atoms with Crippen molar-refractivity contribution in [3.05, 3.63) is 0 Å². The molecule has 0 aromatic carbocycles. The van der Waals surface area contributed by atoms with Gasteiger partial charge in [-0.25, -0.2) is 0 Å². The van der Waals surface area contributed by atoms with Crippen LogP contribution in [0.4, 0.5) is 13.2 Å². The van der Waals surface area contributed by atoms with Crippen LogP contribution < -0.4 is 5.73 Å². The van der Waals surface area contributed by atoms with Crippen molar-refractivity contribution in [1.29, 1.82) is 0 Å². The van der Waals surface area contributed by atoms with E-state index in [0.29, 0.717) is 12.8 Å². The first-order valence-electron chi connectivity index (χ1n) is 5.44. The fourth-order valence-corrected chi connectivity index (χ4v) is 2.22. The molecule has 0 spiro atoms. The Morgan fingerprint density at radius 1 is 1.44 bits per heavy atom. The van der Waals surface area contributed by atoms with Crippen molar-refractivity contribution >= 4 is 0 Å². The molecule has 6 heteroatoms. The SMILES string of the molecule is NCC1(O)CCCC1CCOCC(F)(F)F. The van der Waals surface area contributed by atoms with Crippen LogP contribution in [-0.4, -0.2) is 36.6 Å². The van der Waals surface area contributed by atoms with Gasteiger partial charge in [-0.2, -0.15) is 13.2 Å². The number of rotatable bonds is 5. The van der Waals surface area contributed by atoms with Gasteiger partial charge < -0.3 is 15.6 Å². The van der Waals surface area contributed by atoms with Crippen LogP contribution in [0, 0.1) is 5.92 Å². The predicted molar refractivity (Wildman–Crippen MR) is 52.8 cm³/mol. The maximum atomic E-state index is 11.8. The zero-order chi connectivity index (χ0) is 12.2. The highest BCUT2D eigenvalue weighted by Crippen LogP contribution is 2.37. The van der Waals surface area contributed by atoms with Crippen molar-refractivity contribution < 1.29 is 23.0 Å². The van der Waals surface area contributed by atoms with E-state index in [9.17, 15) is 18.3 Å². The highest BCUT2D eigenvalue weighted by molar-refractivity contribution is 4.92. The molecular weight excluding hydrogens is 223 g/mol. The van der Waals surface area contributed by atoms with E-state index in [-0.39, 0.29) is 19.1 Å². The Hall–Kier alpha value is -0.330. The van der Waals surface area contributed by atoms with Gasteiger partial charge in [0.2, 0.25) is 0 Å². The monoisotopic (exact) mass is 241 g/mol. The molecule has 96 valence electrons. The van der Waals surface area contributed by atoms with Crippen molar-refractivity contribution in [3.63, 3.8) is 0 Å². The van der Waals surface area contributed by atoms with E-state index in [0.717, 1.165) is 12.8 Å². The van der Waals surface area contributed by atoms with Crippen LogP contribution in [-0.2, 0) is 4.74 Å². The maximum Gasteiger partial charge on any atom is 0.411 e. The first-order valence-corrected chi connectivity index (χ1v) is 5.44. The third kappa shape index (κ3) is 3.92. The molecule has 2 unspecified atom stereocenters. The first-order chi connectivity index (χ1) is 7.37. The summed E-state index contributed by atoms with van der Waals surface area (Å²) in [4.78, 5) is 0. The summed E-state index contributed by atoms with van der Waals surface area (Å²) in [6, 6.07) is 0. The van der Waals surface area contributed by atoms with Crippen molar-refractivity contribution in [1.82, 2.24) is 0 Å². The van der Waals surface area contributed by atoms with Gasteiger partial charge in [0.15, 0.2) is 0 Å². The molecule has 0 bridgehead atoms. The zero-order valence-corrected chi connectivity index (χ0v) is 9.09. The maximum absolute atomic E-state index is 11.8. The largest absolute Gasteiger partial charge is 0.411 e. The Kier molecular flexibility index (Phi) is 4.58. The van der Waals surface area contributed by atoms with Crippen LogP contribution in [0.15, 0.2) is 0 Å². The molecule has 0 saturated heterocycles. The van der Waals surface area contributed by atoms with E-state index >= 15 is 0 Å². The summed E-state index contributed by atoms with van der Waals surface area (Å²) < 4.78 is 39.9. The minimum Gasteiger partial charge on any atom is -0.388 e. The molecule has 1 saturated carbocycles. The number of ether oxygens (including phenoxy) is 1. The fraction of sp³-hybridized carbons (Fsp3) is 1.00. The summed E-state index contributed by atoms with van der Waals surface area (Å²) in [6.45, 7) is -1.04. The number of hydrogen-bond donors (Lipinski definition) is 2. The molecule has 0 radical (unpaired) electrons. The summed E-state index contributed by atoms with van der Waals surface area (Å²) in [5, 5.41) is 10.0. The Morgan fingerprint density at radius 3 is 2.69 bits per heavy atom. The van der Waals surface area contributed by atoms with Gasteiger partial charge in [0.1, 0.15) is 6.61 Å². The predicted octanol–water partition coefficient (Wildman–Crippen LogP) is 1.45. The summed E-state index contributed by atoms with van der Waals surface area (Å²) in [5.74, 6) is -0.0364. The van der Waals surface area contributed by atoms with Crippen molar-refractivity contribution in [2.45, 2.75) is 37.5 Å². The van der Waals surface area contributed by atoms with Crippen molar-refractivity contribution in [2.75, 3.05) is 19.8 Å².